The molecule has 0 radical (unpaired) electrons. The van der Waals surface area contributed by atoms with Crippen molar-refractivity contribution in [1.29, 1.82) is 0 Å². The number of para-hydroxylation sites is 1. The Balaban J connectivity index is 1.60. The quantitative estimate of drug-likeness (QED) is 0.462. The van der Waals surface area contributed by atoms with Gasteiger partial charge in [-0.2, -0.15) is 0 Å². The molecule has 0 heterocycles. The average molecular weight is 399 g/mol. The van der Waals surface area contributed by atoms with Gasteiger partial charge in [0.2, 0.25) is 17.8 Å². The summed E-state index contributed by atoms with van der Waals surface area (Å²) in [6.45, 7) is 0. The highest BCUT2D eigenvalue weighted by Gasteiger charge is 2.11. The Hall–Kier alpha value is -3.73. The predicted molar refractivity (Wildman–Crippen MR) is 119 cm³/mol. The Kier molecular flexibility index (Phi) is 7.92. The van der Waals surface area contributed by atoms with Gasteiger partial charge in [0.05, 0.1) is 5.69 Å². The maximum Gasteiger partial charge on any atom is 0.227 e. The first-order valence-corrected chi connectivity index (χ1v) is 10.0. The summed E-state index contributed by atoms with van der Waals surface area (Å²) in [6, 6.07) is 28.8. The molecule has 3 aromatic rings. The van der Waals surface area contributed by atoms with Crippen LogP contribution in [-0.4, -0.2) is 17.8 Å². The molecule has 2 amide bonds. The van der Waals surface area contributed by atoms with Gasteiger partial charge in [-0.1, -0.05) is 78.9 Å². The van der Waals surface area contributed by atoms with Gasteiger partial charge in [0.15, 0.2) is 0 Å². The predicted octanol–water partition coefficient (Wildman–Crippen LogP) is 4.17. The molecule has 0 saturated heterocycles. The van der Waals surface area contributed by atoms with Crippen LogP contribution in [0.5, 0.6) is 0 Å². The Morgan fingerprint density at radius 3 is 1.43 bits per heavy atom. The van der Waals surface area contributed by atoms with E-state index in [2.05, 4.69) is 15.6 Å². The van der Waals surface area contributed by atoms with Gasteiger partial charge in [0.1, 0.15) is 0 Å². The number of aryl methyl sites for hydroxylation is 2. The Morgan fingerprint density at radius 1 is 0.600 bits per heavy atom. The van der Waals surface area contributed by atoms with E-state index in [4.69, 9.17) is 0 Å². The Labute approximate surface area is 176 Å². The molecular weight excluding hydrogens is 374 g/mol. The van der Waals surface area contributed by atoms with Crippen LogP contribution in [0.1, 0.15) is 24.0 Å². The molecule has 0 aliphatic heterocycles. The number of hydrogen-bond acceptors (Lipinski definition) is 3. The van der Waals surface area contributed by atoms with Crippen molar-refractivity contribution in [2.75, 3.05) is 0 Å². The first-order valence-electron chi connectivity index (χ1n) is 10.0. The maximum absolute atomic E-state index is 12.4. The van der Waals surface area contributed by atoms with E-state index in [0.717, 1.165) is 11.1 Å². The lowest BCUT2D eigenvalue weighted by atomic mass is 10.1. The van der Waals surface area contributed by atoms with Crippen LogP contribution in [0.15, 0.2) is 96.0 Å². The summed E-state index contributed by atoms with van der Waals surface area (Å²) in [6.07, 6.45) is 1.84. The molecule has 5 heteroatoms. The van der Waals surface area contributed by atoms with Crippen LogP contribution in [-0.2, 0) is 22.4 Å². The topological polar surface area (TPSA) is 70.6 Å². The molecular formula is C25H25N3O2. The molecule has 0 fully saturated rings. The standard InChI is InChI=1S/C25H25N3O2/c29-23(18-16-20-10-4-1-5-11-20)27-25(26-22-14-8-3-9-15-22)28-24(30)19-17-21-12-6-2-7-13-21/h1-15H,16-19H2,(H2,26,27,28,29,30). The van der Waals surface area contributed by atoms with Gasteiger partial charge in [-0.3, -0.25) is 20.2 Å². The van der Waals surface area contributed by atoms with E-state index in [9.17, 15) is 9.59 Å². The number of guanidine groups is 1. The molecule has 3 rings (SSSR count). The van der Waals surface area contributed by atoms with Gasteiger partial charge < -0.3 is 0 Å². The molecule has 0 unspecified atom stereocenters. The molecule has 152 valence electrons. The number of carbonyl (C=O) groups is 2. The largest absolute Gasteiger partial charge is 0.296 e. The lowest BCUT2D eigenvalue weighted by Crippen LogP contribution is -2.43. The molecule has 30 heavy (non-hydrogen) atoms. The van der Waals surface area contributed by atoms with Gasteiger partial charge in [-0.05, 0) is 36.1 Å². The third-order valence-corrected chi connectivity index (χ3v) is 4.48. The van der Waals surface area contributed by atoms with Crippen molar-refractivity contribution in [2.45, 2.75) is 25.7 Å². The van der Waals surface area contributed by atoms with Crippen molar-refractivity contribution in [3.8, 4) is 0 Å². The van der Waals surface area contributed by atoms with Gasteiger partial charge in [0, 0.05) is 12.8 Å². The second kappa shape index (κ2) is 11.3. The number of hydrogen-bond donors (Lipinski definition) is 2. The van der Waals surface area contributed by atoms with E-state index in [1.807, 2.05) is 91.0 Å². The fourth-order valence-corrected chi connectivity index (χ4v) is 2.91. The average Bonchev–Trinajstić information content (AvgIpc) is 2.78. The van der Waals surface area contributed by atoms with Crippen molar-refractivity contribution >= 4 is 23.5 Å². The minimum atomic E-state index is -0.197. The number of rotatable bonds is 7. The highest BCUT2D eigenvalue weighted by molar-refractivity contribution is 6.05. The number of carbonyl (C=O) groups excluding carboxylic acids is 2. The highest BCUT2D eigenvalue weighted by atomic mass is 16.2. The SMILES string of the molecule is O=C(CCc1ccccc1)NC(=Nc1ccccc1)NC(=O)CCc1ccccc1. The summed E-state index contributed by atoms with van der Waals surface area (Å²) in [5.74, 6) is -0.244. The molecule has 0 aliphatic carbocycles. The number of aliphatic imine (C=N–C) groups is 1. The minimum Gasteiger partial charge on any atom is -0.296 e. The van der Waals surface area contributed by atoms with Gasteiger partial charge in [-0.25, -0.2) is 4.99 Å². The van der Waals surface area contributed by atoms with Gasteiger partial charge in [0.25, 0.3) is 0 Å². The van der Waals surface area contributed by atoms with Crippen molar-refractivity contribution in [1.82, 2.24) is 10.6 Å². The van der Waals surface area contributed by atoms with Crippen LogP contribution < -0.4 is 10.6 Å². The summed E-state index contributed by atoms with van der Waals surface area (Å²) >= 11 is 0. The van der Waals surface area contributed by atoms with E-state index in [-0.39, 0.29) is 17.8 Å². The van der Waals surface area contributed by atoms with E-state index in [0.29, 0.717) is 31.4 Å². The molecule has 0 saturated carbocycles. The molecule has 0 bridgehead atoms. The third kappa shape index (κ3) is 7.36. The van der Waals surface area contributed by atoms with Crippen LogP contribution in [0.25, 0.3) is 0 Å². The lowest BCUT2D eigenvalue weighted by Gasteiger charge is -2.11. The van der Waals surface area contributed by atoms with Gasteiger partial charge >= 0.3 is 0 Å². The van der Waals surface area contributed by atoms with Crippen LogP contribution in [0.4, 0.5) is 5.69 Å². The van der Waals surface area contributed by atoms with Crippen molar-refractivity contribution in [3.63, 3.8) is 0 Å². The Morgan fingerprint density at radius 2 is 1.00 bits per heavy atom. The van der Waals surface area contributed by atoms with Crippen molar-refractivity contribution in [3.05, 3.63) is 102 Å². The molecule has 2 N–H and O–H groups in total. The van der Waals surface area contributed by atoms with E-state index < -0.39 is 0 Å². The number of nitrogens with one attached hydrogen (secondary N) is 2. The monoisotopic (exact) mass is 399 g/mol. The van der Waals surface area contributed by atoms with Crippen molar-refractivity contribution < 1.29 is 9.59 Å². The van der Waals surface area contributed by atoms with E-state index >= 15 is 0 Å². The summed E-state index contributed by atoms with van der Waals surface area (Å²) < 4.78 is 0. The normalized spacial score (nSPS) is 10.1. The first kappa shape index (κ1) is 21.0. The van der Waals surface area contributed by atoms with Gasteiger partial charge in [-0.15, -0.1) is 0 Å². The molecule has 0 aromatic heterocycles. The fraction of sp³-hybridized carbons (Fsp3) is 0.160. The fourth-order valence-electron chi connectivity index (χ4n) is 2.91. The zero-order valence-electron chi connectivity index (χ0n) is 16.8. The number of nitrogens with zero attached hydrogens (tertiary/aromatic N) is 1. The van der Waals surface area contributed by atoms with Crippen LogP contribution >= 0.6 is 0 Å². The number of amides is 2. The molecule has 3 aromatic carbocycles. The lowest BCUT2D eigenvalue weighted by molar-refractivity contribution is -0.120. The van der Waals surface area contributed by atoms with Crippen LogP contribution in [0, 0.1) is 0 Å². The summed E-state index contributed by atoms with van der Waals surface area (Å²) in [5.41, 5.74) is 2.82. The number of benzene rings is 3. The maximum atomic E-state index is 12.4. The highest BCUT2D eigenvalue weighted by Crippen LogP contribution is 2.10. The molecule has 0 aliphatic rings. The first-order chi connectivity index (χ1) is 14.7. The summed E-state index contributed by atoms with van der Waals surface area (Å²) in [5, 5.41) is 5.49. The summed E-state index contributed by atoms with van der Waals surface area (Å²) in [7, 11) is 0. The zero-order chi connectivity index (χ0) is 21.0. The minimum absolute atomic E-state index is 0.150. The second-order valence-electron chi connectivity index (χ2n) is 6.86. The smallest absolute Gasteiger partial charge is 0.227 e. The molecule has 0 spiro atoms. The molecule has 0 atom stereocenters. The van der Waals surface area contributed by atoms with Crippen LogP contribution in [0.3, 0.4) is 0 Å². The third-order valence-electron chi connectivity index (χ3n) is 4.48. The van der Waals surface area contributed by atoms with Crippen molar-refractivity contribution in [2.24, 2.45) is 4.99 Å². The van der Waals surface area contributed by atoms with Crippen LogP contribution in [0.2, 0.25) is 0 Å². The summed E-state index contributed by atoms with van der Waals surface area (Å²) in [4.78, 5) is 29.3. The molecule has 5 nitrogen and oxygen atoms in total. The zero-order valence-corrected chi connectivity index (χ0v) is 16.8. The van der Waals surface area contributed by atoms with E-state index in [1.54, 1.807) is 0 Å². The second-order valence-corrected chi connectivity index (χ2v) is 6.86. The Bertz CT molecular complexity index is 912. The van der Waals surface area contributed by atoms with E-state index in [1.165, 1.54) is 0 Å².